The summed E-state index contributed by atoms with van der Waals surface area (Å²) in [6.07, 6.45) is 0.822. The maximum absolute atomic E-state index is 9.08. The Hall–Kier alpha value is -2.45. The molecular formula is C16H17ClN4O. The minimum Gasteiger partial charge on any atom is -0.477 e. The van der Waals surface area contributed by atoms with E-state index in [4.69, 9.17) is 27.3 Å². The van der Waals surface area contributed by atoms with Gasteiger partial charge in [-0.25, -0.2) is 0 Å². The maximum Gasteiger partial charge on any atom is 0.235 e. The number of nitrogens with two attached hydrogens (primary N) is 1. The predicted octanol–water partition coefficient (Wildman–Crippen LogP) is 3.24. The second-order valence-corrected chi connectivity index (χ2v) is 5.06. The third kappa shape index (κ3) is 4.03. The van der Waals surface area contributed by atoms with E-state index >= 15 is 0 Å². The third-order valence-electron chi connectivity index (χ3n) is 3.04. The summed E-state index contributed by atoms with van der Waals surface area (Å²) in [5, 5.41) is 13.0. The molecule has 2 rings (SSSR count). The molecule has 5 nitrogen and oxygen atoms in total. The van der Waals surface area contributed by atoms with Gasteiger partial charge in [0.2, 0.25) is 5.88 Å². The van der Waals surface area contributed by atoms with Gasteiger partial charge >= 0.3 is 0 Å². The number of nitriles is 1. The van der Waals surface area contributed by atoms with Gasteiger partial charge in [-0.3, -0.25) is 0 Å². The molecule has 0 aliphatic rings. The molecule has 1 aromatic heterocycles. The van der Waals surface area contributed by atoms with Crippen LogP contribution in [-0.2, 0) is 6.42 Å². The average Bonchev–Trinajstić information content (AvgIpc) is 2.49. The second kappa shape index (κ2) is 7.53. The number of anilines is 2. The zero-order valence-corrected chi connectivity index (χ0v) is 13.0. The molecule has 1 heterocycles. The van der Waals surface area contributed by atoms with E-state index in [0.29, 0.717) is 24.7 Å². The minimum atomic E-state index is 0.263. The first-order valence-electron chi connectivity index (χ1n) is 6.95. The number of ether oxygens (including phenoxy) is 1. The number of aromatic nitrogens is 1. The Kier molecular flexibility index (Phi) is 5.45. The average molecular weight is 317 g/mol. The number of nitrogens with zero attached hydrogens (tertiary/aromatic N) is 2. The van der Waals surface area contributed by atoms with Gasteiger partial charge in [0.1, 0.15) is 17.5 Å². The van der Waals surface area contributed by atoms with Crippen LogP contribution in [0.15, 0.2) is 30.3 Å². The van der Waals surface area contributed by atoms with E-state index in [1.54, 1.807) is 6.07 Å². The van der Waals surface area contributed by atoms with Gasteiger partial charge in [-0.1, -0.05) is 23.7 Å². The first-order chi connectivity index (χ1) is 10.6. The Bertz CT molecular complexity index is 680. The van der Waals surface area contributed by atoms with Crippen LogP contribution in [-0.4, -0.2) is 18.1 Å². The fourth-order valence-corrected chi connectivity index (χ4v) is 2.10. The van der Waals surface area contributed by atoms with E-state index in [2.05, 4.69) is 10.3 Å². The van der Waals surface area contributed by atoms with Crippen molar-refractivity contribution in [2.24, 2.45) is 0 Å². The van der Waals surface area contributed by atoms with Crippen molar-refractivity contribution in [3.05, 3.63) is 46.5 Å². The summed E-state index contributed by atoms with van der Waals surface area (Å²) in [7, 11) is 0. The van der Waals surface area contributed by atoms with Crippen LogP contribution in [0.4, 0.5) is 11.5 Å². The summed E-state index contributed by atoms with van der Waals surface area (Å²) in [5.74, 6) is 0.855. The Morgan fingerprint density at radius 1 is 1.36 bits per heavy atom. The van der Waals surface area contributed by atoms with Crippen molar-refractivity contribution >= 4 is 23.1 Å². The largest absolute Gasteiger partial charge is 0.477 e. The van der Waals surface area contributed by atoms with E-state index in [1.165, 1.54) is 5.56 Å². The van der Waals surface area contributed by atoms with Crippen LogP contribution in [0.25, 0.3) is 0 Å². The van der Waals surface area contributed by atoms with Crippen LogP contribution in [0, 0.1) is 11.3 Å². The maximum atomic E-state index is 9.08. The Labute approximate surface area is 134 Å². The molecule has 1 aromatic carbocycles. The van der Waals surface area contributed by atoms with Crippen LogP contribution in [0.3, 0.4) is 0 Å². The molecule has 2 aromatic rings. The lowest BCUT2D eigenvalue weighted by atomic mass is 10.1. The van der Waals surface area contributed by atoms with Gasteiger partial charge in [0, 0.05) is 17.6 Å². The highest BCUT2D eigenvalue weighted by atomic mass is 35.5. The number of benzene rings is 1. The van der Waals surface area contributed by atoms with Gasteiger partial charge in [-0.2, -0.15) is 10.2 Å². The van der Waals surface area contributed by atoms with Crippen molar-refractivity contribution in [1.29, 1.82) is 5.26 Å². The monoisotopic (exact) mass is 316 g/mol. The van der Waals surface area contributed by atoms with E-state index in [1.807, 2.05) is 37.3 Å². The summed E-state index contributed by atoms with van der Waals surface area (Å²) < 4.78 is 5.36. The predicted molar refractivity (Wildman–Crippen MR) is 88.2 cm³/mol. The molecule has 0 aliphatic carbocycles. The number of nitrogens with one attached hydrogen (secondary N) is 1. The molecule has 3 N–H and O–H groups in total. The summed E-state index contributed by atoms with van der Waals surface area (Å²) >= 11 is 5.85. The van der Waals surface area contributed by atoms with Gasteiger partial charge in [0.05, 0.1) is 12.3 Å². The van der Waals surface area contributed by atoms with Gasteiger partial charge in [-0.05, 0) is 31.0 Å². The Morgan fingerprint density at radius 2 is 2.09 bits per heavy atom. The van der Waals surface area contributed by atoms with E-state index in [-0.39, 0.29) is 11.4 Å². The van der Waals surface area contributed by atoms with Crippen molar-refractivity contribution in [2.45, 2.75) is 13.3 Å². The molecule has 0 saturated heterocycles. The molecule has 0 saturated carbocycles. The number of nitrogen functional groups attached to an aromatic ring is 1. The lowest BCUT2D eigenvalue weighted by Crippen LogP contribution is -2.09. The van der Waals surface area contributed by atoms with E-state index < -0.39 is 0 Å². The topological polar surface area (TPSA) is 84.0 Å². The van der Waals surface area contributed by atoms with Crippen molar-refractivity contribution in [3.63, 3.8) is 0 Å². The number of pyridine rings is 1. The number of halogens is 1. The quantitative estimate of drug-likeness (QED) is 0.854. The molecule has 0 amide bonds. The normalized spacial score (nSPS) is 10.0. The summed E-state index contributed by atoms with van der Waals surface area (Å²) in [5.41, 5.74) is 7.66. The Morgan fingerprint density at radius 3 is 2.73 bits per heavy atom. The summed E-state index contributed by atoms with van der Waals surface area (Å²) in [4.78, 5) is 4.28. The molecule has 0 bridgehead atoms. The van der Waals surface area contributed by atoms with Gasteiger partial charge in [0.15, 0.2) is 0 Å². The minimum absolute atomic E-state index is 0.263. The van der Waals surface area contributed by atoms with Crippen molar-refractivity contribution in [1.82, 2.24) is 4.98 Å². The summed E-state index contributed by atoms with van der Waals surface area (Å²) in [6.45, 7) is 2.94. The molecular weight excluding hydrogens is 300 g/mol. The molecule has 0 spiro atoms. The van der Waals surface area contributed by atoms with Crippen LogP contribution >= 0.6 is 11.6 Å². The molecule has 0 radical (unpaired) electrons. The number of rotatable bonds is 6. The zero-order chi connectivity index (χ0) is 15.9. The third-order valence-corrected chi connectivity index (χ3v) is 3.29. The van der Waals surface area contributed by atoms with Crippen LogP contribution in [0.1, 0.15) is 18.1 Å². The van der Waals surface area contributed by atoms with Crippen LogP contribution in [0.2, 0.25) is 5.02 Å². The summed E-state index contributed by atoms with van der Waals surface area (Å²) in [6, 6.07) is 11.3. The van der Waals surface area contributed by atoms with Crippen LogP contribution in [0.5, 0.6) is 5.88 Å². The second-order valence-electron chi connectivity index (χ2n) is 4.62. The smallest absolute Gasteiger partial charge is 0.235 e. The standard InChI is InChI=1S/C16H17ClN4O/c1-2-22-16-13(10-18)14(19)9-15(21-16)20-8-7-11-3-5-12(17)6-4-11/h3-6,9H,2,7-8H2,1H3,(H3,19,20,21). The molecule has 0 unspecified atom stereocenters. The van der Waals surface area contributed by atoms with E-state index in [0.717, 1.165) is 11.4 Å². The zero-order valence-electron chi connectivity index (χ0n) is 12.3. The molecule has 114 valence electrons. The van der Waals surface area contributed by atoms with E-state index in [9.17, 15) is 0 Å². The Balaban J connectivity index is 2.03. The SMILES string of the molecule is CCOc1nc(NCCc2ccc(Cl)cc2)cc(N)c1C#N. The highest BCUT2D eigenvalue weighted by Crippen LogP contribution is 2.25. The van der Waals surface area contributed by atoms with Crippen molar-refractivity contribution < 1.29 is 4.74 Å². The molecule has 0 fully saturated rings. The van der Waals surface area contributed by atoms with Gasteiger partial charge in [0.25, 0.3) is 0 Å². The van der Waals surface area contributed by atoms with Crippen molar-refractivity contribution in [3.8, 4) is 11.9 Å². The molecule has 6 heteroatoms. The lowest BCUT2D eigenvalue weighted by Gasteiger charge is -2.11. The van der Waals surface area contributed by atoms with Gasteiger partial charge in [-0.15, -0.1) is 0 Å². The highest BCUT2D eigenvalue weighted by molar-refractivity contribution is 6.30. The molecule has 0 aliphatic heterocycles. The lowest BCUT2D eigenvalue weighted by molar-refractivity contribution is 0.326. The fraction of sp³-hybridized carbons (Fsp3) is 0.250. The first kappa shape index (κ1) is 15.9. The van der Waals surface area contributed by atoms with Crippen molar-refractivity contribution in [2.75, 3.05) is 24.2 Å². The molecule has 0 atom stereocenters. The van der Waals surface area contributed by atoms with Crippen LogP contribution < -0.4 is 15.8 Å². The number of hydrogen-bond donors (Lipinski definition) is 2. The fourth-order valence-electron chi connectivity index (χ4n) is 1.97. The number of hydrogen-bond acceptors (Lipinski definition) is 5. The highest BCUT2D eigenvalue weighted by Gasteiger charge is 2.11. The molecule has 22 heavy (non-hydrogen) atoms. The first-order valence-corrected chi connectivity index (χ1v) is 7.33. The van der Waals surface area contributed by atoms with Gasteiger partial charge < -0.3 is 15.8 Å².